The number of hydrogen-bond acceptors (Lipinski definition) is 7. The van der Waals surface area contributed by atoms with Crippen molar-refractivity contribution in [2.24, 2.45) is 29.6 Å². The van der Waals surface area contributed by atoms with Crippen LogP contribution >= 0.6 is 0 Å². The molecule has 2 bridgehead atoms. The summed E-state index contributed by atoms with van der Waals surface area (Å²) in [7, 11) is -5.60. The van der Waals surface area contributed by atoms with E-state index < -0.39 is 34.6 Å². The summed E-state index contributed by atoms with van der Waals surface area (Å²) in [4.78, 5) is 23.7. The summed E-state index contributed by atoms with van der Waals surface area (Å²) in [5.74, 6) is -0.405. The Labute approximate surface area is 154 Å². The molecular formula is C16H20F2O8S. The second kappa shape index (κ2) is 7.10. The molecule has 5 atom stereocenters. The molecule has 0 aromatic carbocycles. The highest BCUT2D eigenvalue weighted by Crippen LogP contribution is 2.57. The molecular weight excluding hydrogens is 390 g/mol. The minimum absolute atomic E-state index is 0.0310. The van der Waals surface area contributed by atoms with Gasteiger partial charge in [0.25, 0.3) is 0 Å². The molecule has 0 radical (unpaired) electrons. The van der Waals surface area contributed by atoms with Gasteiger partial charge in [-0.3, -0.25) is 9.35 Å². The van der Waals surface area contributed by atoms with Crippen LogP contribution in [0.1, 0.15) is 12.8 Å². The average molecular weight is 410 g/mol. The second-order valence-electron chi connectivity index (χ2n) is 7.28. The van der Waals surface area contributed by atoms with Crippen molar-refractivity contribution in [3.63, 3.8) is 0 Å². The SMILES string of the molecule is C=C(COCC(F)(F)S(=O)(=O)O)C(=O)OCC1CC2CC1C1C(=O)OCC21. The molecule has 0 aromatic heterocycles. The Morgan fingerprint density at radius 1 is 1.33 bits per heavy atom. The summed E-state index contributed by atoms with van der Waals surface area (Å²) < 4.78 is 70.0. The highest BCUT2D eigenvalue weighted by Gasteiger charge is 2.59. The lowest BCUT2D eigenvalue weighted by Gasteiger charge is -2.28. The van der Waals surface area contributed by atoms with Gasteiger partial charge in [-0.1, -0.05) is 6.58 Å². The molecule has 0 spiro atoms. The molecule has 2 saturated carbocycles. The molecule has 5 unspecified atom stereocenters. The molecule has 1 aliphatic heterocycles. The fourth-order valence-electron chi connectivity index (χ4n) is 4.37. The van der Waals surface area contributed by atoms with E-state index in [-0.39, 0.29) is 41.8 Å². The van der Waals surface area contributed by atoms with Gasteiger partial charge in [0.15, 0.2) is 0 Å². The first-order valence-electron chi connectivity index (χ1n) is 8.45. The van der Waals surface area contributed by atoms with Crippen LogP contribution in [0.25, 0.3) is 0 Å². The highest BCUT2D eigenvalue weighted by molar-refractivity contribution is 7.86. The van der Waals surface area contributed by atoms with Crippen molar-refractivity contribution in [2.75, 3.05) is 26.4 Å². The lowest BCUT2D eigenvalue weighted by molar-refractivity contribution is -0.144. The topological polar surface area (TPSA) is 116 Å². The molecule has 1 heterocycles. The molecule has 3 rings (SSSR count). The summed E-state index contributed by atoms with van der Waals surface area (Å²) >= 11 is 0. The van der Waals surface area contributed by atoms with Crippen LogP contribution in [0.4, 0.5) is 8.78 Å². The third-order valence-corrected chi connectivity index (χ3v) is 6.52. The van der Waals surface area contributed by atoms with Crippen molar-refractivity contribution in [1.29, 1.82) is 0 Å². The summed E-state index contributed by atoms with van der Waals surface area (Å²) in [6.07, 6.45) is 1.74. The zero-order valence-electron chi connectivity index (χ0n) is 14.3. The number of rotatable bonds is 8. The van der Waals surface area contributed by atoms with E-state index in [1.165, 1.54) is 0 Å². The van der Waals surface area contributed by atoms with Crippen LogP contribution in [0.3, 0.4) is 0 Å². The zero-order chi connectivity index (χ0) is 20.0. The van der Waals surface area contributed by atoms with Crippen LogP contribution in [-0.4, -0.2) is 56.6 Å². The standard InChI is InChI=1S/C16H20F2O8S/c1-8(4-24-7-16(17,18)27(21,22)23)14(19)25-5-10-2-9-3-11(10)13-12(9)6-26-15(13)20/h9-13H,1-7H2,(H,21,22,23). The molecule has 27 heavy (non-hydrogen) atoms. The van der Waals surface area contributed by atoms with Crippen molar-refractivity contribution in [2.45, 2.75) is 18.1 Å². The van der Waals surface area contributed by atoms with Crippen LogP contribution in [-0.2, 0) is 33.9 Å². The van der Waals surface area contributed by atoms with Crippen molar-refractivity contribution < 1.29 is 45.6 Å². The fourth-order valence-corrected chi connectivity index (χ4v) is 4.60. The van der Waals surface area contributed by atoms with Crippen LogP contribution in [0.2, 0.25) is 0 Å². The molecule has 8 nitrogen and oxygen atoms in total. The number of esters is 2. The Bertz CT molecular complexity index is 750. The van der Waals surface area contributed by atoms with E-state index in [1.807, 2.05) is 0 Å². The number of hydrogen-bond donors (Lipinski definition) is 1. The molecule has 11 heteroatoms. The van der Waals surface area contributed by atoms with E-state index in [4.69, 9.17) is 14.0 Å². The summed E-state index contributed by atoms with van der Waals surface area (Å²) in [6.45, 7) is 1.62. The third-order valence-electron chi connectivity index (χ3n) is 5.65. The summed E-state index contributed by atoms with van der Waals surface area (Å²) in [5, 5.41) is -4.48. The Hall–Kier alpha value is -1.59. The smallest absolute Gasteiger partial charge is 0.392 e. The fraction of sp³-hybridized carbons (Fsp3) is 0.750. The second-order valence-corrected chi connectivity index (χ2v) is 8.83. The minimum atomic E-state index is -5.60. The average Bonchev–Trinajstić information content (AvgIpc) is 3.24. The Morgan fingerprint density at radius 3 is 2.70 bits per heavy atom. The lowest BCUT2D eigenvalue weighted by Crippen LogP contribution is -2.34. The van der Waals surface area contributed by atoms with Gasteiger partial charge in [0.1, 0.15) is 6.61 Å². The van der Waals surface area contributed by atoms with Crippen LogP contribution in [0.5, 0.6) is 0 Å². The molecule has 3 fully saturated rings. The van der Waals surface area contributed by atoms with Crippen LogP contribution in [0, 0.1) is 29.6 Å². The van der Waals surface area contributed by atoms with Crippen molar-refractivity contribution >= 4 is 22.1 Å². The molecule has 0 aromatic rings. The van der Waals surface area contributed by atoms with Gasteiger partial charge in [-0.05, 0) is 30.6 Å². The van der Waals surface area contributed by atoms with Gasteiger partial charge in [-0.2, -0.15) is 17.2 Å². The number of fused-ring (bicyclic) bond motifs is 5. The van der Waals surface area contributed by atoms with E-state index in [0.717, 1.165) is 12.8 Å². The van der Waals surface area contributed by atoms with Gasteiger partial charge in [-0.15, -0.1) is 0 Å². The first-order valence-corrected chi connectivity index (χ1v) is 9.89. The molecule has 3 aliphatic rings. The van der Waals surface area contributed by atoms with Gasteiger partial charge >= 0.3 is 27.3 Å². The zero-order valence-corrected chi connectivity index (χ0v) is 15.1. The van der Waals surface area contributed by atoms with Crippen molar-refractivity contribution in [3.05, 3.63) is 12.2 Å². The van der Waals surface area contributed by atoms with E-state index in [1.54, 1.807) is 0 Å². The maximum Gasteiger partial charge on any atom is 0.392 e. The maximum absolute atomic E-state index is 13.0. The van der Waals surface area contributed by atoms with E-state index in [0.29, 0.717) is 12.5 Å². The van der Waals surface area contributed by atoms with Crippen molar-refractivity contribution in [3.8, 4) is 0 Å². The molecule has 1 N–H and O–H groups in total. The van der Waals surface area contributed by atoms with E-state index in [9.17, 15) is 26.8 Å². The first kappa shape index (κ1) is 20.2. The number of cyclic esters (lactones) is 1. The Morgan fingerprint density at radius 2 is 2.04 bits per heavy atom. The third kappa shape index (κ3) is 3.85. The summed E-state index contributed by atoms with van der Waals surface area (Å²) in [6, 6.07) is 0. The van der Waals surface area contributed by atoms with Gasteiger partial charge in [0, 0.05) is 5.92 Å². The number of ether oxygens (including phenoxy) is 3. The summed E-state index contributed by atoms with van der Waals surface area (Å²) in [5.41, 5.74) is -0.262. The normalized spacial score (nSPS) is 32.3. The maximum atomic E-state index is 13.0. The number of carbonyl (C=O) groups is 2. The van der Waals surface area contributed by atoms with Gasteiger partial charge in [0.05, 0.1) is 31.3 Å². The largest absolute Gasteiger partial charge is 0.465 e. The molecule has 1 saturated heterocycles. The number of carbonyl (C=O) groups excluding carboxylic acids is 2. The lowest BCUT2D eigenvalue weighted by atomic mass is 9.76. The number of alkyl halides is 2. The first-order chi connectivity index (χ1) is 12.5. The van der Waals surface area contributed by atoms with Crippen LogP contribution < -0.4 is 0 Å². The number of halogens is 2. The van der Waals surface area contributed by atoms with Gasteiger partial charge < -0.3 is 14.2 Å². The predicted octanol–water partition coefficient (Wildman–Crippen LogP) is 1.03. The monoisotopic (exact) mass is 410 g/mol. The highest BCUT2D eigenvalue weighted by atomic mass is 32.2. The Balaban J connectivity index is 1.42. The van der Waals surface area contributed by atoms with Gasteiger partial charge in [-0.25, -0.2) is 4.79 Å². The predicted molar refractivity (Wildman–Crippen MR) is 85.1 cm³/mol. The molecule has 152 valence electrons. The van der Waals surface area contributed by atoms with E-state index in [2.05, 4.69) is 11.3 Å². The van der Waals surface area contributed by atoms with E-state index >= 15 is 0 Å². The minimum Gasteiger partial charge on any atom is -0.465 e. The molecule has 2 aliphatic carbocycles. The van der Waals surface area contributed by atoms with Crippen LogP contribution in [0.15, 0.2) is 12.2 Å². The molecule has 0 amide bonds. The quantitative estimate of drug-likeness (QED) is 0.358. The Kier molecular flexibility index (Phi) is 5.30. The van der Waals surface area contributed by atoms with Gasteiger partial charge in [0.2, 0.25) is 0 Å². The van der Waals surface area contributed by atoms with Crippen molar-refractivity contribution in [1.82, 2.24) is 0 Å².